The van der Waals surface area contributed by atoms with Crippen molar-refractivity contribution in [3.63, 3.8) is 0 Å². The highest BCUT2D eigenvalue weighted by atomic mass is 16.5. The summed E-state index contributed by atoms with van der Waals surface area (Å²) >= 11 is 0. The Balaban J connectivity index is 2.13. The second kappa shape index (κ2) is 5.53. The summed E-state index contributed by atoms with van der Waals surface area (Å²) < 4.78 is 5.31. The van der Waals surface area contributed by atoms with Crippen molar-refractivity contribution in [1.29, 1.82) is 0 Å². The molecule has 0 aliphatic heterocycles. The van der Waals surface area contributed by atoms with Crippen LogP contribution in [0.4, 0.5) is 0 Å². The molecule has 0 heterocycles. The summed E-state index contributed by atoms with van der Waals surface area (Å²) in [5.41, 5.74) is 8.10. The van der Waals surface area contributed by atoms with Crippen LogP contribution in [0.15, 0.2) is 18.2 Å². The Morgan fingerprint density at radius 2 is 2.22 bits per heavy atom. The molecule has 0 bridgehead atoms. The molecule has 0 spiro atoms. The number of benzene rings is 1. The molecule has 3 nitrogen and oxygen atoms in total. The minimum atomic E-state index is 0.0372. The maximum atomic E-state index is 12.3. The lowest BCUT2D eigenvalue weighted by atomic mass is 9.93. The van der Waals surface area contributed by atoms with E-state index in [9.17, 15) is 4.79 Å². The van der Waals surface area contributed by atoms with Gasteiger partial charge in [0.25, 0.3) is 0 Å². The Morgan fingerprint density at radius 3 is 2.83 bits per heavy atom. The lowest BCUT2D eigenvalue weighted by Gasteiger charge is -2.15. The van der Waals surface area contributed by atoms with Crippen molar-refractivity contribution in [1.82, 2.24) is 0 Å². The number of carbonyl (C=O) groups is 1. The summed E-state index contributed by atoms with van der Waals surface area (Å²) in [5.74, 6) is 1.08. The van der Waals surface area contributed by atoms with Crippen molar-refractivity contribution in [3.05, 3.63) is 29.3 Å². The van der Waals surface area contributed by atoms with Crippen molar-refractivity contribution in [2.24, 2.45) is 11.7 Å². The molecule has 2 rings (SSSR count). The molecule has 1 saturated carbocycles. The molecule has 1 fully saturated rings. The molecule has 1 aliphatic carbocycles. The maximum Gasteiger partial charge on any atom is 0.142 e. The smallest absolute Gasteiger partial charge is 0.142 e. The normalized spacial score (nSPS) is 23.1. The second-order valence-electron chi connectivity index (χ2n) is 5.16. The van der Waals surface area contributed by atoms with E-state index in [2.05, 4.69) is 0 Å². The first-order valence-electron chi connectivity index (χ1n) is 6.53. The number of aryl methyl sites for hydroxylation is 1. The van der Waals surface area contributed by atoms with Gasteiger partial charge in [0.15, 0.2) is 0 Å². The number of ether oxygens (including phenoxy) is 1. The van der Waals surface area contributed by atoms with Crippen LogP contribution < -0.4 is 10.5 Å². The van der Waals surface area contributed by atoms with E-state index in [0.29, 0.717) is 6.42 Å². The molecule has 2 N–H and O–H groups in total. The Kier molecular flexibility index (Phi) is 4.02. The van der Waals surface area contributed by atoms with Crippen LogP contribution in [-0.4, -0.2) is 18.9 Å². The van der Waals surface area contributed by atoms with Gasteiger partial charge in [0.1, 0.15) is 11.5 Å². The number of Topliss-reactive ketones (excluding diaryl/α,β-unsaturated/α-hetero) is 1. The quantitative estimate of drug-likeness (QED) is 0.887. The van der Waals surface area contributed by atoms with Gasteiger partial charge in [-0.3, -0.25) is 4.79 Å². The van der Waals surface area contributed by atoms with E-state index in [0.717, 1.165) is 36.1 Å². The van der Waals surface area contributed by atoms with Crippen molar-refractivity contribution >= 4 is 5.78 Å². The van der Waals surface area contributed by atoms with E-state index in [1.807, 2.05) is 25.1 Å². The summed E-state index contributed by atoms with van der Waals surface area (Å²) in [6, 6.07) is 5.99. The van der Waals surface area contributed by atoms with Gasteiger partial charge in [-0.15, -0.1) is 0 Å². The lowest BCUT2D eigenvalue weighted by Crippen LogP contribution is -2.31. The molecule has 2 unspecified atom stereocenters. The van der Waals surface area contributed by atoms with Gasteiger partial charge in [-0.25, -0.2) is 0 Å². The number of hydrogen-bond acceptors (Lipinski definition) is 3. The maximum absolute atomic E-state index is 12.3. The van der Waals surface area contributed by atoms with E-state index in [1.165, 1.54) is 0 Å². The van der Waals surface area contributed by atoms with Gasteiger partial charge in [0, 0.05) is 23.9 Å². The van der Waals surface area contributed by atoms with Gasteiger partial charge in [-0.1, -0.05) is 24.1 Å². The Bertz CT molecular complexity index is 442. The molecule has 1 aliphatic rings. The highest BCUT2D eigenvalue weighted by Gasteiger charge is 2.30. The number of nitrogens with two attached hydrogens (primary N) is 1. The molecule has 98 valence electrons. The minimum absolute atomic E-state index is 0.0372. The van der Waals surface area contributed by atoms with E-state index < -0.39 is 0 Å². The van der Waals surface area contributed by atoms with Crippen LogP contribution >= 0.6 is 0 Å². The molecule has 0 radical (unpaired) electrons. The Hall–Kier alpha value is -1.35. The fourth-order valence-electron chi connectivity index (χ4n) is 2.75. The highest BCUT2D eigenvalue weighted by molar-refractivity contribution is 5.84. The van der Waals surface area contributed by atoms with Gasteiger partial charge in [-0.2, -0.15) is 0 Å². The molecule has 0 aromatic heterocycles. The zero-order valence-electron chi connectivity index (χ0n) is 11.1. The third-order valence-corrected chi connectivity index (χ3v) is 3.78. The zero-order valence-corrected chi connectivity index (χ0v) is 11.1. The average Bonchev–Trinajstić information content (AvgIpc) is 2.76. The summed E-state index contributed by atoms with van der Waals surface area (Å²) in [6.07, 6.45) is 3.42. The summed E-state index contributed by atoms with van der Waals surface area (Å²) in [4.78, 5) is 12.3. The third-order valence-electron chi connectivity index (χ3n) is 3.78. The molecule has 1 aromatic carbocycles. The molecule has 0 amide bonds. The summed E-state index contributed by atoms with van der Waals surface area (Å²) in [5, 5.41) is 0. The first-order chi connectivity index (χ1) is 8.61. The summed E-state index contributed by atoms with van der Waals surface area (Å²) in [7, 11) is 1.64. The molecular weight excluding hydrogens is 226 g/mol. The highest BCUT2D eigenvalue weighted by Crippen LogP contribution is 2.28. The van der Waals surface area contributed by atoms with Crippen molar-refractivity contribution in [2.75, 3.05) is 7.11 Å². The zero-order chi connectivity index (χ0) is 13.1. The fourth-order valence-corrected chi connectivity index (χ4v) is 2.75. The topological polar surface area (TPSA) is 52.3 Å². The first kappa shape index (κ1) is 13.1. The van der Waals surface area contributed by atoms with Crippen LogP contribution in [0.5, 0.6) is 5.75 Å². The monoisotopic (exact) mass is 247 g/mol. The lowest BCUT2D eigenvalue weighted by molar-refractivity contribution is -0.122. The van der Waals surface area contributed by atoms with E-state index in [4.69, 9.17) is 10.5 Å². The van der Waals surface area contributed by atoms with Gasteiger partial charge in [0.05, 0.1) is 7.11 Å². The molecule has 1 aromatic rings. The fraction of sp³-hybridized carbons (Fsp3) is 0.533. The first-order valence-corrected chi connectivity index (χ1v) is 6.53. The van der Waals surface area contributed by atoms with Crippen LogP contribution in [0, 0.1) is 12.8 Å². The van der Waals surface area contributed by atoms with E-state index >= 15 is 0 Å². The number of ketones is 1. The molecular formula is C15H21NO2. The van der Waals surface area contributed by atoms with Crippen molar-refractivity contribution in [3.8, 4) is 5.75 Å². The van der Waals surface area contributed by atoms with Gasteiger partial charge in [0.2, 0.25) is 0 Å². The third kappa shape index (κ3) is 2.72. The second-order valence-corrected chi connectivity index (χ2v) is 5.16. The largest absolute Gasteiger partial charge is 0.496 e. The molecule has 2 atom stereocenters. The summed E-state index contributed by atoms with van der Waals surface area (Å²) in [6.45, 7) is 2.02. The van der Waals surface area contributed by atoms with Crippen molar-refractivity contribution < 1.29 is 9.53 Å². The van der Waals surface area contributed by atoms with Crippen LogP contribution in [0.25, 0.3) is 0 Å². The van der Waals surface area contributed by atoms with Gasteiger partial charge < -0.3 is 10.5 Å². The standard InChI is InChI=1S/C15H21NO2/c1-10-6-7-15(18-2)11(8-10)9-14(17)12-4-3-5-13(12)16/h6-8,12-13H,3-5,9,16H2,1-2H3. The van der Waals surface area contributed by atoms with Crippen molar-refractivity contribution in [2.45, 2.75) is 38.6 Å². The van der Waals surface area contributed by atoms with Gasteiger partial charge in [-0.05, 0) is 25.8 Å². The van der Waals surface area contributed by atoms with Crippen LogP contribution in [-0.2, 0) is 11.2 Å². The Morgan fingerprint density at radius 1 is 1.44 bits per heavy atom. The SMILES string of the molecule is COc1ccc(C)cc1CC(=O)C1CCCC1N. The van der Waals surface area contributed by atoms with Crippen LogP contribution in [0.3, 0.4) is 0 Å². The predicted octanol–water partition coefficient (Wildman–Crippen LogP) is 2.24. The number of hydrogen-bond donors (Lipinski definition) is 1. The predicted molar refractivity (Wildman–Crippen MR) is 71.8 cm³/mol. The molecule has 0 saturated heterocycles. The van der Waals surface area contributed by atoms with Crippen LogP contribution in [0.2, 0.25) is 0 Å². The molecule has 18 heavy (non-hydrogen) atoms. The number of carbonyl (C=O) groups excluding carboxylic acids is 1. The number of rotatable bonds is 4. The van der Waals surface area contributed by atoms with Gasteiger partial charge >= 0.3 is 0 Å². The van der Waals surface area contributed by atoms with Crippen LogP contribution in [0.1, 0.15) is 30.4 Å². The Labute approximate surface area is 108 Å². The van der Waals surface area contributed by atoms with E-state index in [1.54, 1.807) is 7.11 Å². The average molecular weight is 247 g/mol. The van der Waals surface area contributed by atoms with E-state index in [-0.39, 0.29) is 17.7 Å². The minimum Gasteiger partial charge on any atom is -0.496 e. The molecule has 3 heteroatoms. The number of methoxy groups -OCH3 is 1.